The average molecular weight is 367 g/mol. The fourth-order valence-electron chi connectivity index (χ4n) is 1.69. The lowest BCUT2D eigenvalue weighted by Crippen LogP contribution is -2.19. The molecule has 2 aromatic heterocycles. The van der Waals surface area contributed by atoms with Gasteiger partial charge in [-0.3, -0.25) is 4.98 Å². The summed E-state index contributed by atoms with van der Waals surface area (Å²) in [5.74, 6) is 2.53. The Balaban J connectivity index is 1.60. The number of anilines is 1. The number of rotatable bonds is 7. The smallest absolute Gasteiger partial charge is 0.261 e. The molecule has 0 unspecified atom stereocenters. The first-order valence-corrected chi connectivity index (χ1v) is 8.63. The standard InChI is InChI=1S/C15H16BrN3OS/c16-12-4-5-14(18-11-12)19-15(20)7-10-21-9-6-13-3-1-2-8-17-13/h1-5,8,11H,6-7,9-10H2,(H,18,19,20)/p+1. The van der Waals surface area contributed by atoms with Crippen molar-refractivity contribution < 1.29 is 9.78 Å². The predicted octanol–water partition coefficient (Wildman–Crippen LogP) is 2.96. The van der Waals surface area contributed by atoms with E-state index >= 15 is 0 Å². The highest BCUT2D eigenvalue weighted by molar-refractivity contribution is 9.10. The number of aromatic nitrogens is 2. The van der Waals surface area contributed by atoms with Crippen LogP contribution in [0.4, 0.5) is 5.82 Å². The minimum absolute atomic E-state index is 0.0268. The topological polar surface area (TPSA) is 56.1 Å². The predicted molar refractivity (Wildman–Crippen MR) is 89.2 cm³/mol. The highest BCUT2D eigenvalue weighted by Crippen LogP contribution is 2.09. The molecular weight excluding hydrogens is 350 g/mol. The lowest BCUT2D eigenvalue weighted by atomic mass is 10.3. The molecule has 0 spiro atoms. The maximum Gasteiger partial charge on any atom is 0.308 e. The van der Waals surface area contributed by atoms with Crippen LogP contribution in [0.25, 0.3) is 0 Å². The van der Waals surface area contributed by atoms with Crippen LogP contribution in [0.3, 0.4) is 0 Å². The van der Waals surface area contributed by atoms with Crippen molar-refractivity contribution in [1.82, 2.24) is 4.98 Å². The third-order valence-electron chi connectivity index (χ3n) is 2.75. The van der Waals surface area contributed by atoms with E-state index in [1.807, 2.05) is 36.5 Å². The fourth-order valence-corrected chi connectivity index (χ4v) is 2.82. The Morgan fingerprint density at radius 1 is 1.29 bits per heavy atom. The number of aryl methyl sites for hydroxylation is 1. The van der Waals surface area contributed by atoms with Crippen molar-refractivity contribution in [1.29, 1.82) is 0 Å². The second-order valence-electron chi connectivity index (χ2n) is 4.40. The molecular formula is C15H17BrN3OS+. The molecule has 0 bridgehead atoms. The maximum absolute atomic E-state index is 11.8. The second kappa shape index (κ2) is 8.79. The molecule has 2 N–H and O–H groups in total. The average Bonchev–Trinajstić information content (AvgIpc) is 2.50. The number of carbonyl (C=O) groups excluding carboxylic acids is 1. The number of carbonyl (C=O) groups is 1. The van der Waals surface area contributed by atoms with E-state index in [0.717, 1.165) is 28.1 Å². The minimum Gasteiger partial charge on any atom is -0.261 e. The Bertz CT molecular complexity index is 563. The van der Waals surface area contributed by atoms with Crippen molar-refractivity contribution in [3.8, 4) is 0 Å². The summed E-state index contributed by atoms with van der Waals surface area (Å²) in [5.41, 5.74) is 1.10. The number of hydrogen-bond donors (Lipinski definition) is 1. The summed E-state index contributed by atoms with van der Waals surface area (Å²) in [6, 6.07) is 9.65. The van der Waals surface area contributed by atoms with Gasteiger partial charge in [-0.25, -0.2) is 15.1 Å². The van der Waals surface area contributed by atoms with Gasteiger partial charge >= 0.3 is 5.91 Å². The lowest BCUT2D eigenvalue weighted by Gasteiger charge is -2.01. The monoisotopic (exact) mass is 366 g/mol. The van der Waals surface area contributed by atoms with Crippen LogP contribution in [-0.2, 0) is 11.2 Å². The first kappa shape index (κ1) is 16.0. The lowest BCUT2D eigenvalue weighted by molar-refractivity contribution is -0.361. The van der Waals surface area contributed by atoms with Crippen LogP contribution in [0.5, 0.6) is 0 Å². The summed E-state index contributed by atoms with van der Waals surface area (Å²) in [6.45, 7) is 0. The van der Waals surface area contributed by atoms with E-state index in [0.29, 0.717) is 12.2 Å². The van der Waals surface area contributed by atoms with E-state index in [9.17, 15) is 4.79 Å². The van der Waals surface area contributed by atoms with E-state index < -0.39 is 0 Å². The zero-order chi connectivity index (χ0) is 14.9. The zero-order valence-corrected chi connectivity index (χ0v) is 13.9. The summed E-state index contributed by atoms with van der Waals surface area (Å²) in [7, 11) is 0. The SMILES string of the molecule is O=C(CCSCCc1ccccn1)Nc1ccc(Br)c[nH+]1. The number of thioether (sulfide) groups is 1. The summed E-state index contributed by atoms with van der Waals surface area (Å²) in [5, 5.41) is 2.84. The van der Waals surface area contributed by atoms with Crippen LogP contribution < -0.4 is 10.3 Å². The second-order valence-corrected chi connectivity index (χ2v) is 6.54. The normalized spacial score (nSPS) is 10.3. The molecule has 0 aliphatic heterocycles. The summed E-state index contributed by atoms with van der Waals surface area (Å²) < 4.78 is 0.950. The summed E-state index contributed by atoms with van der Waals surface area (Å²) in [6.07, 6.45) is 5.05. The van der Waals surface area contributed by atoms with Gasteiger partial charge in [0, 0.05) is 23.7 Å². The summed E-state index contributed by atoms with van der Waals surface area (Å²) >= 11 is 5.11. The number of H-pyrrole nitrogens is 1. The maximum atomic E-state index is 11.8. The minimum atomic E-state index is 0.0268. The highest BCUT2D eigenvalue weighted by Gasteiger charge is 2.09. The fraction of sp³-hybridized carbons (Fsp3) is 0.267. The number of amides is 1. The van der Waals surface area contributed by atoms with Crippen LogP contribution in [0.2, 0.25) is 0 Å². The van der Waals surface area contributed by atoms with Gasteiger partial charge in [0.1, 0.15) is 6.20 Å². The Labute approximate surface area is 136 Å². The Kier molecular flexibility index (Phi) is 6.69. The molecule has 0 atom stereocenters. The van der Waals surface area contributed by atoms with Crippen LogP contribution in [0.1, 0.15) is 12.1 Å². The summed E-state index contributed by atoms with van der Waals surface area (Å²) in [4.78, 5) is 19.0. The van der Waals surface area contributed by atoms with Gasteiger partial charge in [0.15, 0.2) is 0 Å². The molecule has 110 valence electrons. The number of nitrogens with one attached hydrogen (secondary N) is 2. The van der Waals surface area contributed by atoms with E-state index in [-0.39, 0.29) is 5.91 Å². The molecule has 0 aliphatic rings. The van der Waals surface area contributed by atoms with Crippen molar-refractivity contribution in [2.45, 2.75) is 12.8 Å². The van der Waals surface area contributed by atoms with Gasteiger partial charge in [-0.1, -0.05) is 6.07 Å². The van der Waals surface area contributed by atoms with E-state index in [2.05, 4.69) is 31.2 Å². The van der Waals surface area contributed by atoms with Gasteiger partial charge in [0.25, 0.3) is 5.82 Å². The quantitative estimate of drug-likeness (QED) is 0.766. The number of nitrogens with zero attached hydrogens (tertiary/aromatic N) is 1. The van der Waals surface area contributed by atoms with Crippen molar-refractivity contribution in [3.05, 3.63) is 52.9 Å². The number of halogens is 1. The van der Waals surface area contributed by atoms with E-state index in [1.54, 1.807) is 18.0 Å². The van der Waals surface area contributed by atoms with Crippen LogP contribution >= 0.6 is 27.7 Å². The third kappa shape index (κ3) is 6.27. The Morgan fingerprint density at radius 3 is 2.90 bits per heavy atom. The van der Waals surface area contributed by atoms with Gasteiger partial charge in [0.05, 0.1) is 10.9 Å². The van der Waals surface area contributed by atoms with E-state index in [1.165, 1.54) is 0 Å². The number of pyridine rings is 2. The van der Waals surface area contributed by atoms with Crippen molar-refractivity contribution in [2.24, 2.45) is 0 Å². The van der Waals surface area contributed by atoms with Gasteiger partial charge in [0.2, 0.25) is 0 Å². The first-order chi connectivity index (χ1) is 10.2. The van der Waals surface area contributed by atoms with Crippen molar-refractivity contribution in [3.63, 3.8) is 0 Å². The largest absolute Gasteiger partial charge is 0.308 e. The molecule has 2 aromatic rings. The molecule has 2 heterocycles. The Hall–Kier alpha value is -1.40. The highest BCUT2D eigenvalue weighted by atomic mass is 79.9. The Morgan fingerprint density at radius 2 is 2.19 bits per heavy atom. The first-order valence-electron chi connectivity index (χ1n) is 6.69. The molecule has 21 heavy (non-hydrogen) atoms. The molecule has 0 saturated carbocycles. The molecule has 0 fully saturated rings. The molecule has 0 aliphatic carbocycles. The van der Waals surface area contributed by atoms with Crippen LogP contribution in [0, 0.1) is 0 Å². The molecule has 0 aromatic carbocycles. The molecule has 4 nitrogen and oxygen atoms in total. The molecule has 6 heteroatoms. The van der Waals surface area contributed by atoms with Gasteiger partial charge in [-0.05, 0) is 46.3 Å². The van der Waals surface area contributed by atoms with Crippen LogP contribution in [-0.4, -0.2) is 22.4 Å². The van der Waals surface area contributed by atoms with Crippen LogP contribution in [0.15, 0.2) is 47.2 Å². The van der Waals surface area contributed by atoms with Crippen molar-refractivity contribution >= 4 is 39.4 Å². The van der Waals surface area contributed by atoms with Gasteiger partial charge < -0.3 is 0 Å². The van der Waals surface area contributed by atoms with Gasteiger partial charge in [-0.15, -0.1) is 0 Å². The van der Waals surface area contributed by atoms with E-state index in [4.69, 9.17) is 0 Å². The molecule has 1 amide bonds. The number of hydrogen-bond acceptors (Lipinski definition) is 3. The van der Waals surface area contributed by atoms with Crippen molar-refractivity contribution in [2.75, 3.05) is 16.8 Å². The number of aromatic amines is 1. The third-order valence-corrected chi connectivity index (χ3v) is 4.23. The molecule has 0 radical (unpaired) electrons. The molecule has 2 rings (SSSR count). The zero-order valence-electron chi connectivity index (χ0n) is 11.5. The molecule has 0 saturated heterocycles. The van der Waals surface area contributed by atoms with Gasteiger partial charge in [-0.2, -0.15) is 11.8 Å².